The molecule has 0 saturated carbocycles. The van der Waals surface area contributed by atoms with Crippen LogP contribution in [0.2, 0.25) is 0 Å². The minimum atomic E-state index is -1.48. The number of aliphatic hydroxyl groups excluding tert-OH is 1. The zero-order valence-corrected chi connectivity index (χ0v) is 17.6. The average molecular weight is 400 g/mol. The predicted molar refractivity (Wildman–Crippen MR) is 115 cm³/mol. The van der Waals surface area contributed by atoms with Crippen molar-refractivity contribution in [1.29, 1.82) is 0 Å². The van der Waals surface area contributed by atoms with Crippen molar-refractivity contribution in [2.75, 3.05) is 0 Å². The lowest BCUT2D eigenvalue weighted by Gasteiger charge is -2.24. The van der Waals surface area contributed by atoms with Crippen molar-refractivity contribution >= 4 is 5.57 Å². The molecule has 0 aliphatic carbocycles. The summed E-state index contributed by atoms with van der Waals surface area (Å²) in [6.07, 6.45) is 4.69. The first-order chi connectivity index (χ1) is 13.9. The highest BCUT2D eigenvalue weighted by Gasteiger charge is 2.20. The third kappa shape index (κ3) is 6.96. The van der Waals surface area contributed by atoms with Gasteiger partial charge in [-0.3, -0.25) is 0 Å². The molecule has 0 aliphatic rings. The summed E-state index contributed by atoms with van der Waals surface area (Å²) < 4.78 is 5.77. The lowest BCUT2D eigenvalue weighted by Crippen LogP contribution is -2.25. The molecule has 3 N–H and O–H groups in total. The van der Waals surface area contributed by atoms with Gasteiger partial charge in [0.15, 0.2) is 6.29 Å². The Hall–Kier alpha value is -2.21. The maximum Gasteiger partial charge on any atom is 0.178 e. The van der Waals surface area contributed by atoms with E-state index >= 15 is 0 Å². The van der Waals surface area contributed by atoms with Crippen molar-refractivity contribution in [1.82, 2.24) is 4.98 Å². The first kappa shape index (κ1) is 23.1. The molecule has 0 atom stereocenters. The van der Waals surface area contributed by atoms with Crippen LogP contribution in [0, 0.1) is 0 Å². The number of aromatic nitrogens is 1. The van der Waals surface area contributed by atoms with E-state index in [2.05, 4.69) is 13.0 Å². The first-order valence-corrected chi connectivity index (χ1v) is 10.4. The zero-order valence-electron chi connectivity index (χ0n) is 17.6. The molecule has 0 bridgehead atoms. The van der Waals surface area contributed by atoms with Crippen molar-refractivity contribution < 1.29 is 20.1 Å². The summed E-state index contributed by atoms with van der Waals surface area (Å²) in [6, 6.07) is 12.6. The van der Waals surface area contributed by atoms with E-state index in [1.807, 2.05) is 32.0 Å². The zero-order chi connectivity index (χ0) is 21.3. The highest BCUT2D eigenvalue weighted by atomic mass is 16.5. The fourth-order valence-corrected chi connectivity index (χ4v) is 3.18. The number of hydrogen-bond donors (Lipinski definition) is 3. The molecule has 0 saturated heterocycles. The van der Waals surface area contributed by atoms with E-state index in [1.165, 1.54) is 5.57 Å². The van der Waals surface area contributed by atoms with Crippen LogP contribution in [0.3, 0.4) is 0 Å². The predicted octanol–water partition coefficient (Wildman–Crippen LogP) is 4.77. The molecule has 0 unspecified atom stereocenters. The molecule has 2 aromatic rings. The van der Waals surface area contributed by atoms with Crippen LogP contribution in [0.4, 0.5) is 0 Å². The summed E-state index contributed by atoms with van der Waals surface area (Å²) in [5.74, 6) is 0.645. The van der Waals surface area contributed by atoms with Gasteiger partial charge in [-0.05, 0) is 61.9 Å². The summed E-state index contributed by atoms with van der Waals surface area (Å²) in [6.45, 7) is 6.49. The van der Waals surface area contributed by atoms with Gasteiger partial charge in [-0.1, -0.05) is 45.0 Å². The number of rotatable bonds is 11. The fraction of sp³-hybridized carbons (Fsp3) is 0.458. The van der Waals surface area contributed by atoms with Gasteiger partial charge in [0.25, 0.3) is 0 Å². The molecule has 29 heavy (non-hydrogen) atoms. The molecule has 0 radical (unpaired) electrons. The Bertz CT molecular complexity index is 780. The van der Waals surface area contributed by atoms with Gasteiger partial charge in [0.1, 0.15) is 12.4 Å². The fourth-order valence-electron chi connectivity index (χ4n) is 3.18. The van der Waals surface area contributed by atoms with Gasteiger partial charge >= 0.3 is 0 Å². The van der Waals surface area contributed by atoms with Crippen LogP contribution in [0.25, 0.3) is 5.57 Å². The minimum absolute atomic E-state index is 0.331. The van der Waals surface area contributed by atoms with E-state index in [0.29, 0.717) is 17.9 Å². The standard InChI is InChI=1S/C24H33NO4/c1-4-18(9-8-16-24(28,5-2)6-3)22-11-7-10-20(25-22)17-29-21-14-12-19(13-15-21)23(26)27/h7,9-15,23,26-28H,4-6,8,16-17H2,1-3H3. The lowest BCUT2D eigenvalue weighted by molar-refractivity contribution is -0.0425. The van der Waals surface area contributed by atoms with Crippen LogP contribution in [0.15, 0.2) is 48.5 Å². The molecule has 1 aromatic carbocycles. The third-order valence-electron chi connectivity index (χ3n) is 5.40. The average Bonchev–Trinajstić information content (AvgIpc) is 2.75. The molecule has 0 spiro atoms. The van der Waals surface area contributed by atoms with Gasteiger partial charge in [-0.2, -0.15) is 0 Å². The Kier molecular flexibility index (Phi) is 8.83. The first-order valence-electron chi connectivity index (χ1n) is 10.4. The quantitative estimate of drug-likeness (QED) is 0.474. The largest absolute Gasteiger partial charge is 0.487 e. The van der Waals surface area contributed by atoms with Crippen molar-refractivity contribution in [2.45, 2.75) is 71.4 Å². The monoisotopic (exact) mass is 399 g/mol. The number of hydrogen-bond acceptors (Lipinski definition) is 5. The molecular weight excluding hydrogens is 366 g/mol. The minimum Gasteiger partial charge on any atom is -0.487 e. The topological polar surface area (TPSA) is 82.8 Å². The van der Waals surface area contributed by atoms with Gasteiger partial charge < -0.3 is 20.1 Å². The molecule has 1 heterocycles. The lowest BCUT2D eigenvalue weighted by atomic mass is 9.91. The van der Waals surface area contributed by atoms with Gasteiger partial charge in [0, 0.05) is 5.56 Å². The highest BCUT2D eigenvalue weighted by Crippen LogP contribution is 2.24. The smallest absolute Gasteiger partial charge is 0.178 e. The van der Waals surface area contributed by atoms with Gasteiger partial charge in [0.05, 0.1) is 17.0 Å². The molecule has 0 amide bonds. The summed E-state index contributed by atoms with van der Waals surface area (Å²) in [5.41, 5.74) is 2.77. The number of nitrogens with zero attached hydrogens (tertiary/aromatic N) is 1. The molecule has 1 aromatic heterocycles. The number of allylic oxidation sites excluding steroid dienone is 2. The third-order valence-corrected chi connectivity index (χ3v) is 5.40. The van der Waals surface area contributed by atoms with E-state index in [1.54, 1.807) is 24.3 Å². The molecule has 0 aliphatic heterocycles. The van der Waals surface area contributed by atoms with Crippen LogP contribution in [-0.2, 0) is 6.61 Å². The Morgan fingerprint density at radius 3 is 2.34 bits per heavy atom. The second-order valence-corrected chi connectivity index (χ2v) is 7.30. The SMILES string of the molecule is CCC(=CCCC(O)(CC)CC)c1cccc(COc2ccc(C(O)O)cc2)n1. The van der Waals surface area contributed by atoms with Crippen molar-refractivity contribution in [3.63, 3.8) is 0 Å². The molecule has 5 nitrogen and oxygen atoms in total. The van der Waals surface area contributed by atoms with E-state index < -0.39 is 11.9 Å². The number of pyridine rings is 1. The summed E-state index contributed by atoms with van der Waals surface area (Å²) >= 11 is 0. The molecule has 5 heteroatoms. The maximum absolute atomic E-state index is 10.5. The second-order valence-electron chi connectivity index (χ2n) is 7.30. The Balaban J connectivity index is 2.01. The van der Waals surface area contributed by atoms with Crippen molar-refractivity contribution in [2.24, 2.45) is 0 Å². The summed E-state index contributed by atoms with van der Waals surface area (Å²) in [5, 5.41) is 28.8. The molecule has 158 valence electrons. The number of ether oxygens (including phenoxy) is 1. The second kappa shape index (κ2) is 11.1. The van der Waals surface area contributed by atoms with Crippen LogP contribution in [0.5, 0.6) is 5.75 Å². The Morgan fingerprint density at radius 2 is 1.76 bits per heavy atom. The summed E-state index contributed by atoms with van der Waals surface area (Å²) in [7, 11) is 0. The maximum atomic E-state index is 10.5. The Labute approximate surface area is 173 Å². The van der Waals surface area contributed by atoms with Crippen molar-refractivity contribution in [3.05, 3.63) is 65.5 Å². The normalized spacial score (nSPS) is 12.4. The van der Waals surface area contributed by atoms with E-state index in [-0.39, 0.29) is 0 Å². The summed E-state index contributed by atoms with van der Waals surface area (Å²) in [4.78, 5) is 4.72. The molecule has 2 rings (SSSR count). The van der Waals surface area contributed by atoms with Gasteiger partial charge in [-0.25, -0.2) is 4.98 Å². The van der Waals surface area contributed by atoms with Crippen LogP contribution >= 0.6 is 0 Å². The van der Waals surface area contributed by atoms with Crippen LogP contribution < -0.4 is 4.74 Å². The van der Waals surface area contributed by atoms with Crippen LogP contribution in [-0.4, -0.2) is 25.9 Å². The van der Waals surface area contributed by atoms with Crippen LogP contribution in [0.1, 0.15) is 76.1 Å². The van der Waals surface area contributed by atoms with Crippen molar-refractivity contribution in [3.8, 4) is 5.75 Å². The van der Waals surface area contributed by atoms with E-state index in [9.17, 15) is 5.11 Å². The molecule has 0 fully saturated rings. The highest BCUT2D eigenvalue weighted by molar-refractivity contribution is 5.62. The van der Waals surface area contributed by atoms with E-state index in [4.69, 9.17) is 19.9 Å². The molecular formula is C24H33NO4. The Morgan fingerprint density at radius 1 is 1.07 bits per heavy atom. The number of aliphatic hydroxyl groups is 3. The van der Waals surface area contributed by atoms with E-state index in [0.717, 1.165) is 43.5 Å². The van der Waals surface area contributed by atoms with Gasteiger partial charge in [-0.15, -0.1) is 0 Å². The number of benzene rings is 1. The van der Waals surface area contributed by atoms with Gasteiger partial charge in [0.2, 0.25) is 0 Å².